The smallest absolute Gasteiger partial charge is 0.310 e. The Labute approximate surface area is 108 Å². The summed E-state index contributed by atoms with van der Waals surface area (Å²) in [7, 11) is 0. The highest BCUT2D eigenvalue weighted by Gasteiger charge is 2.37. The Balaban J connectivity index is 1.89. The van der Waals surface area contributed by atoms with Crippen molar-refractivity contribution < 1.29 is 9.90 Å². The largest absolute Gasteiger partial charge is 0.481 e. The number of nitrogens with zero attached hydrogens (tertiary/aromatic N) is 2. The van der Waals surface area contributed by atoms with E-state index in [9.17, 15) is 9.90 Å². The maximum Gasteiger partial charge on any atom is 0.310 e. The summed E-state index contributed by atoms with van der Waals surface area (Å²) in [4.78, 5) is 17.5. The molecule has 1 aromatic heterocycles. The summed E-state index contributed by atoms with van der Waals surface area (Å²) in [5.41, 5.74) is 0.684. The van der Waals surface area contributed by atoms with E-state index in [1.807, 2.05) is 19.1 Å². The van der Waals surface area contributed by atoms with Gasteiger partial charge in [0.1, 0.15) is 0 Å². The molecule has 4 heteroatoms. The molecule has 2 rings (SSSR count). The highest BCUT2D eigenvalue weighted by atomic mass is 16.4. The van der Waals surface area contributed by atoms with Gasteiger partial charge in [0.05, 0.1) is 5.41 Å². The van der Waals surface area contributed by atoms with Crippen LogP contribution in [0.15, 0.2) is 24.5 Å². The van der Waals surface area contributed by atoms with E-state index in [0.29, 0.717) is 6.54 Å². The average Bonchev–Trinajstić information content (AvgIpc) is 2.38. The molecule has 1 saturated heterocycles. The number of carbonyl (C=O) groups is 1. The number of likely N-dealkylation sites (tertiary alicyclic amines) is 1. The molecule has 0 aliphatic carbocycles. The number of carboxylic acids is 1. The van der Waals surface area contributed by atoms with Crippen LogP contribution in [0.2, 0.25) is 0 Å². The van der Waals surface area contributed by atoms with Gasteiger partial charge in [-0.1, -0.05) is 0 Å². The molecule has 98 valence electrons. The Morgan fingerprint density at radius 3 is 2.89 bits per heavy atom. The maximum atomic E-state index is 11.3. The van der Waals surface area contributed by atoms with Crippen molar-refractivity contribution in [3.63, 3.8) is 0 Å². The van der Waals surface area contributed by atoms with E-state index in [2.05, 4.69) is 9.88 Å². The zero-order valence-corrected chi connectivity index (χ0v) is 10.8. The maximum absolute atomic E-state index is 11.3. The van der Waals surface area contributed by atoms with Crippen LogP contribution in [-0.2, 0) is 11.2 Å². The standard InChI is InChI=1S/C14H20N2O2/c1-14(13(17)18)6-2-9-16(11-14)10-5-12-3-7-15-8-4-12/h3-4,7-8H,2,5-6,9-11H2,1H3,(H,17,18). The first-order valence-electron chi connectivity index (χ1n) is 6.45. The number of rotatable bonds is 4. The van der Waals surface area contributed by atoms with Gasteiger partial charge in [0.15, 0.2) is 0 Å². The molecular weight excluding hydrogens is 228 g/mol. The van der Waals surface area contributed by atoms with E-state index in [1.165, 1.54) is 5.56 Å². The second-order valence-electron chi connectivity index (χ2n) is 5.35. The van der Waals surface area contributed by atoms with Crippen LogP contribution in [0.4, 0.5) is 0 Å². The number of hydrogen-bond donors (Lipinski definition) is 1. The first kappa shape index (κ1) is 13.0. The van der Waals surface area contributed by atoms with Crippen LogP contribution in [0.5, 0.6) is 0 Å². The molecule has 1 aliphatic heterocycles. The minimum Gasteiger partial charge on any atom is -0.481 e. The summed E-state index contributed by atoms with van der Waals surface area (Å²) in [5, 5.41) is 9.27. The summed E-state index contributed by atoms with van der Waals surface area (Å²) in [6.07, 6.45) is 6.31. The predicted molar refractivity (Wildman–Crippen MR) is 69.4 cm³/mol. The van der Waals surface area contributed by atoms with Crippen molar-refractivity contribution in [2.24, 2.45) is 5.41 Å². The van der Waals surface area contributed by atoms with Crippen LogP contribution < -0.4 is 0 Å². The highest BCUT2D eigenvalue weighted by molar-refractivity contribution is 5.74. The van der Waals surface area contributed by atoms with Gasteiger partial charge in [-0.25, -0.2) is 0 Å². The van der Waals surface area contributed by atoms with E-state index >= 15 is 0 Å². The van der Waals surface area contributed by atoms with Crippen LogP contribution in [0.3, 0.4) is 0 Å². The Morgan fingerprint density at radius 2 is 2.22 bits per heavy atom. The fourth-order valence-corrected chi connectivity index (χ4v) is 2.55. The second kappa shape index (κ2) is 5.48. The van der Waals surface area contributed by atoms with E-state index in [1.54, 1.807) is 12.4 Å². The van der Waals surface area contributed by atoms with Crippen molar-refractivity contribution in [3.05, 3.63) is 30.1 Å². The minimum absolute atomic E-state index is 0.573. The summed E-state index contributed by atoms with van der Waals surface area (Å²) in [5.74, 6) is -0.670. The number of aromatic nitrogens is 1. The molecule has 2 heterocycles. The predicted octanol–water partition coefficient (Wildman–Crippen LogP) is 1.81. The van der Waals surface area contributed by atoms with Gasteiger partial charge in [-0.3, -0.25) is 9.78 Å². The van der Waals surface area contributed by atoms with Crippen molar-refractivity contribution in [2.45, 2.75) is 26.2 Å². The quantitative estimate of drug-likeness (QED) is 0.883. The van der Waals surface area contributed by atoms with Crippen LogP contribution in [0.1, 0.15) is 25.3 Å². The van der Waals surface area contributed by atoms with Gasteiger partial charge in [-0.15, -0.1) is 0 Å². The number of piperidine rings is 1. The van der Waals surface area contributed by atoms with Crippen LogP contribution in [0.25, 0.3) is 0 Å². The molecule has 0 aromatic carbocycles. The van der Waals surface area contributed by atoms with Gasteiger partial charge in [0.2, 0.25) is 0 Å². The van der Waals surface area contributed by atoms with Crippen molar-refractivity contribution in [2.75, 3.05) is 19.6 Å². The Hall–Kier alpha value is -1.42. The highest BCUT2D eigenvalue weighted by Crippen LogP contribution is 2.29. The third kappa shape index (κ3) is 3.07. The summed E-state index contributed by atoms with van der Waals surface area (Å²) >= 11 is 0. The van der Waals surface area contributed by atoms with E-state index in [4.69, 9.17) is 0 Å². The van der Waals surface area contributed by atoms with Crippen LogP contribution >= 0.6 is 0 Å². The Kier molecular flexibility index (Phi) is 3.97. The van der Waals surface area contributed by atoms with Gasteiger partial charge in [-0.05, 0) is 50.4 Å². The number of hydrogen-bond acceptors (Lipinski definition) is 3. The molecule has 0 radical (unpaired) electrons. The van der Waals surface area contributed by atoms with Crippen molar-refractivity contribution in [1.82, 2.24) is 9.88 Å². The molecule has 0 amide bonds. The third-order valence-electron chi connectivity index (χ3n) is 3.76. The monoisotopic (exact) mass is 248 g/mol. The van der Waals surface area contributed by atoms with Crippen LogP contribution in [0, 0.1) is 5.41 Å². The lowest BCUT2D eigenvalue weighted by atomic mass is 9.82. The van der Waals surface area contributed by atoms with Crippen molar-refractivity contribution >= 4 is 5.97 Å². The van der Waals surface area contributed by atoms with Gasteiger partial charge in [0, 0.05) is 25.5 Å². The van der Waals surface area contributed by atoms with Crippen LogP contribution in [-0.4, -0.2) is 40.6 Å². The fourth-order valence-electron chi connectivity index (χ4n) is 2.55. The normalized spacial score (nSPS) is 24.9. The molecule has 18 heavy (non-hydrogen) atoms. The molecule has 0 spiro atoms. The Bertz CT molecular complexity index is 408. The number of pyridine rings is 1. The number of aliphatic carboxylic acids is 1. The van der Waals surface area contributed by atoms with E-state index in [0.717, 1.165) is 32.4 Å². The lowest BCUT2D eigenvalue weighted by Crippen LogP contribution is -2.46. The second-order valence-corrected chi connectivity index (χ2v) is 5.35. The molecule has 1 atom stereocenters. The molecule has 1 aromatic rings. The van der Waals surface area contributed by atoms with Gasteiger partial charge in [-0.2, -0.15) is 0 Å². The topological polar surface area (TPSA) is 53.4 Å². The summed E-state index contributed by atoms with van der Waals surface area (Å²) in [6.45, 7) is 4.45. The molecule has 1 fully saturated rings. The average molecular weight is 248 g/mol. The van der Waals surface area contributed by atoms with Gasteiger partial charge < -0.3 is 10.0 Å². The lowest BCUT2D eigenvalue weighted by molar-refractivity contribution is -0.151. The molecule has 0 bridgehead atoms. The fraction of sp³-hybridized carbons (Fsp3) is 0.571. The van der Waals surface area contributed by atoms with Crippen molar-refractivity contribution in [3.8, 4) is 0 Å². The Morgan fingerprint density at radius 1 is 1.50 bits per heavy atom. The SMILES string of the molecule is CC1(C(=O)O)CCCN(CCc2ccncc2)C1. The molecule has 4 nitrogen and oxygen atoms in total. The molecular formula is C14H20N2O2. The molecule has 1 N–H and O–H groups in total. The number of carboxylic acid groups (broad SMARTS) is 1. The first-order chi connectivity index (χ1) is 8.60. The lowest BCUT2D eigenvalue weighted by Gasteiger charge is -2.37. The zero-order valence-electron chi connectivity index (χ0n) is 10.8. The zero-order chi connectivity index (χ0) is 13.0. The molecule has 1 aliphatic rings. The van der Waals surface area contributed by atoms with Gasteiger partial charge >= 0.3 is 5.97 Å². The van der Waals surface area contributed by atoms with Gasteiger partial charge in [0.25, 0.3) is 0 Å². The summed E-state index contributed by atoms with van der Waals surface area (Å²) < 4.78 is 0. The van der Waals surface area contributed by atoms with E-state index in [-0.39, 0.29) is 0 Å². The van der Waals surface area contributed by atoms with E-state index < -0.39 is 11.4 Å². The minimum atomic E-state index is -0.670. The summed E-state index contributed by atoms with van der Waals surface area (Å²) in [6, 6.07) is 4.03. The molecule has 1 unspecified atom stereocenters. The first-order valence-corrected chi connectivity index (χ1v) is 6.45. The molecule has 0 saturated carbocycles. The van der Waals surface area contributed by atoms with Crippen molar-refractivity contribution in [1.29, 1.82) is 0 Å². The third-order valence-corrected chi connectivity index (χ3v) is 3.76.